The van der Waals surface area contributed by atoms with Crippen molar-refractivity contribution < 1.29 is 9.92 Å². The van der Waals surface area contributed by atoms with Crippen molar-refractivity contribution in [1.29, 1.82) is 0 Å². The van der Waals surface area contributed by atoms with Crippen LogP contribution < -0.4 is 4.84 Å². The van der Waals surface area contributed by atoms with Gasteiger partial charge in [0.15, 0.2) is 0 Å². The highest BCUT2D eigenvalue weighted by Gasteiger charge is 2.07. The Morgan fingerprint density at radius 1 is 1.75 bits per heavy atom. The lowest BCUT2D eigenvalue weighted by atomic mass is 10.3. The summed E-state index contributed by atoms with van der Waals surface area (Å²) in [5, 5.41) is 9.18. The molecule has 1 aromatic rings. The van der Waals surface area contributed by atoms with Crippen LogP contribution in [0.4, 0.5) is 0 Å². The van der Waals surface area contributed by atoms with E-state index in [0.29, 0.717) is 5.69 Å². The number of hydrogen-bond acceptors (Lipinski definition) is 4. The molecule has 1 rings (SSSR count). The SMILES string of the molecule is Cc1nccc(O[N+](=O)[O-])c1Cl. The molecule has 0 aliphatic rings. The first-order chi connectivity index (χ1) is 5.61. The lowest BCUT2D eigenvalue weighted by Crippen LogP contribution is -2.04. The fourth-order valence-electron chi connectivity index (χ4n) is 0.676. The van der Waals surface area contributed by atoms with Gasteiger partial charge in [-0.3, -0.25) is 9.82 Å². The largest absolute Gasteiger partial charge is 0.299 e. The summed E-state index contributed by atoms with van der Waals surface area (Å²) in [6.45, 7) is 1.63. The van der Waals surface area contributed by atoms with Crippen LogP contribution in [0.25, 0.3) is 0 Å². The lowest BCUT2D eigenvalue weighted by Gasteiger charge is -2.01. The summed E-state index contributed by atoms with van der Waals surface area (Å²) in [5.41, 5.74) is 0.496. The number of nitrogens with zero attached hydrogens (tertiary/aromatic N) is 2. The molecule has 1 heterocycles. The molecule has 0 aliphatic heterocycles. The zero-order valence-electron chi connectivity index (χ0n) is 6.15. The molecule has 0 aromatic carbocycles. The number of rotatable bonds is 2. The van der Waals surface area contributed by atoms with Crippen molar-refractivity contribution in [2.45, 2.75) is 6.92 Å². The Morgan fingerprint density at radius 2 is 2.42 bits per heavy atom. The summed E-state index contributed by atoms with van der Waals surface area (Å²) in [4.78, 5) is 17.9. The van der Waals surface area contributed by atoms with Crippen LogP contribution in [0.3, 0.4) is 0 Å². The van der Waals surface area contributed by atoms with Gasteiger partial charge in [-0.15, -0.1) is 10.1 Å². The van der Waals surface area contributed by atoms with Gasteiger partial charge < -0.3 is 0 Å². The molecule has 0 N–H and O–H groups in total. The number of aryl methyl sites for hydroxylation is 1. The molecule has 5 nitrogen and oxygen atoms in total. The highest BCUT2D eigenvalue weighted by molar-refractivity contribution is 6.32. The van der Waals surface area contributed by atoms with E-state index in [4.69, 9.17) is 11.6 Å². The average molecular weight is 189 g/mol. The first-order valence-electron chi connectivity index (χ1n) is 3.04. The first-order valence-corrected chi connectivity index (χ1v) is 3.42. The van der Waals surface area contributed by atoms with Crippen molar-refractivity contribution in [3.05, 3.63) is 33.1 Å². The highest BCUT2D eigenvalue weighted by atomic mass is 35.5. The van der Waals surface area contributed by atoms with E-state index in [-0.39, 0.29) is 10.8 Å². The van der Waals surface area contributed by atoms with Gasteiger partial charge in [-0.25, -0.2) is 0 Å². The van der Waals surface area contributed by atoms with E-state index < -0.39 is 5.09 Å². The van der Waals surface area contributed by atoms with Crippen LogP contribution in [0.15, 0.2) is 12.3 Å². The van der Waals surface area contributed by atoms with Crippen LogP contribution in [-0.2, 0) is 0 Å². The smallest absolute Gasteiger partial charge is 0.274 e. The Bertz CT molecular complexity index is 316. The van der Waals surface area contributed by atoms with Crippen molar-refractivity contribution in [2.75, 3.05) is 0 Å². The second-order valence-electron chi connectivity index (χ2n) is 2.02. The Morgan fingerprint density at radius 3 is 3.00 bits per heavy atom. The van der Waals surface area contributed by atoms with E-state index in [1.165, 1.54) is 12.3 Å². The van der Waals surface area contributed by atoms with Gasteiger partial charge in [0.1, 0.15) is 5.75 Å². The van der Waals surface area contributed by atoms with Crippen LogP contribution in [0, 0.1) is 17.0 Å². The minimum absolute atomic E-state index is 0.00849. The lowest BCUT2D eigenvalue weighted by molar-refractivity contribution is -0.711. The normalized spacial score (nSPS) is 9.50. The molecule has 0 unspecified atom stereocenters. The Kier molecular flexibility index (Phi) is 2.44. The van der Waals surface area contributed by atoms with Crippen molar-refractivity contribution in [3.8, 4) is 5.75 Å². The van der Waals surface area contributed by atoms with Gasteiger partial charge in [0, 0.05) is 6.20 Å². The van der Waals surface area contributed by atoms with Gasteiger partial charge in [0.05, 0.1) is 10.7 Å². The van der Waals surface area contributed by atoms with E-state index in [1.54, 1.807) is 6.92 Å². The van der Waals surface area contributed by atoms with E-state index in [9.17, 15) is 10.1 Å². The zero-order valence-corrected chi connectivity index (χ0v) is 6.91. The monoisotopic (exact) mass is 188 g/mol. The van der Waals surface area contributed by atoms with Crippen molar-refractivity contribution >= 4 is 11.6 Å². The average Bonchev–Trinajstić information content (AvgIpc) is 1.98. The molecular weight excluding hydrogens is 184 g/mol. The van der Waals surface area contributed by atoms with Crippen molar-refractivity contribution in [3.63, 3.8) is 0 Å². The molecule has 0 saturated heterocycles. The van der Waals surface area contributed by atoms with Crippen LogP contribution in [0.2, 0.25) is 5.02 Å². The molecule has 0 bridgehead atoms. The molecule has 1 aromatic heterocycles. The fraction of sp³-hybridized carbons (Fsp3) is 0.167. The predicted octanol–water partition coefficient (Wildman–Crippen LogP) is 1.61. The van der Waals surface area contributed by atoms with Crippen molar-refractivity contribution in [2.24, 2.45) is 0 Å². The molecule has 0 radical (unpaired) electrons. The van der Waals surface area contributed by atoms with Crippen LogP contribution in [0.1, 0.15) is 5.69 Å². The van der Waals surface area contributed by atoms with E-state index in [1.807, 2.05) is 0 Å². The predicted molar refractivity (Wildman–Crippen MR) is 41.6 cm³/mol. The Hall–Kier alpha value is -1.36. The minimum Gasteiger partial charge on any atom is -0.274 e. The molecule has 0 atom stereocenters. The highest BCUT2D eigenvalue weighted by Crippen LogP contribution is 2.25. The third kappa shape index (κ3) is 1.82. The summed E-state index contributed by atoms with van der Waals surface area (Å²) < 4.78 is 0. The van der Waals surface area contributed by atoms with Crippen LogP contribution in [0.5, 0.6) is 5.75 Å². The standard InChI is InChI=1S/C6H5ClN2O3/c1-4-6(7)5(2-3-8-4)12-9(10)11/h2-3H,1H3. The Balaban J connectivity index is 3.00. The summed E-state index contributed by atoms with van der Waals surface area (Å²) in [6.07, 6.45) is 1.39. The van der Waals surface area contributed by atoms with Crippen molar-refractivity contribution in [1.82, 2.24) is 4.98 Å². The number of halogens is 1. The molecular formula is C6H5ClN2O3. The number of aromatic nitrogens is 1. The molecule has 0 aliphatic carbocycles. The van der Waals surface area contributed by atoms with E-state index in [2.05, 4.69) is 9.82 Å². The Labute approximate surface area is 73.0 Å². The maximum atomic E-state index is 9.94. The molecule has 0 spiro atoms. The third-order valence-corrected chi connectivity index (χ3v) is 1.66. The number of hydrogen-bond donors (Lipinski definition) is 0. The summed E-state index contributed by atoms with van der Waals surface area (Å²) >= 11 is 5.65. The molecule has 0 amide bonds. The maximum absolute atomic E-state index is 9.94. The van der Waals surface area contributed by atoms with Crippen LogP contribution in [-0.4, -0.2) is 10.1 Å². The summed E-state index contributed by atoms with van der Waals surface area (Å²) in [6, 6.07) is 1.33. The third-order valence-electron chi connectivity index (χ3n) is 1.20. The number of pyridine rings is 1. The maximum Gasteiger partial charge on any atom is 0.299 e. The second kappa shape index (κ2) is 3.36. The van der Waals surface area contributed by atoms with Gasteiger partial charge in [-0.2, -0.15) is 0 Å². The van der Waals surface area contributed by atoms with Gasteiger partial charge in [-0.05, 0) is 13.0 Å². The topological polar surface area (TPSA) is 65.3 Å². The second-order valence-corrected chi connectivity index (χ2v) is 2.40. The first kappa shape index (κ1) is 8.73. The quantitative estimate of drug-likeness (QED) is 0.523. The summed E-state index contributed by atoms with van der Waals surface area (Å²) in [7, 11) is 0. The molecule has 64 valence electrons. The van der Waals surface area contributed by atoms with Crippen LogP contribution >= 0.6 is 11.6 Å². The minimum atomic E-state index is -0.916. The van der Waals surface area contributed by atoms with Gasteiger partial charge in [-0.1, -0.05) is 11.6 Å². The molecule has 0 fully saturated rings. The molecule has 6 heteroatoms. The van der Waals surface area contributed by atoms with Gasteiger partial charge >= 0.3 is 0 Å². The van der Waals surface area contributed by atoms with Gasteiger partial charge in [0.2, 0.25) is 0 Å². The zero-order chi connectivity index (χ0) is 9.14. The van der Waals surface area contributed by atoms with Gasteiger partial charge in [0.25, 0.3) is 5.09 Å². The molecule has 12 heavy (non-hydrogen) atoms. The molecule has 0 saturated carbocycles. The summed E-state index contributed by atoms with van der Waals surface area (Å²) in [5.74, 6) is 0.00849. The fourth-order valence-corrected chi connectivity index (χ4v) is 0.822. The van der Waals surface area contributed by atoms with E-state index >= 15 is 0 Å². The van der Waals surface area contributed by atoms with E-state index in [0.717, 1.165) is 0 Å².